The molecule has 20 heavy (non-hydrogen) atoms. The fraction of sp³-hybridized carbons (Fsp3) is 0.467. The van der Waals surface area contributed by atoms with Crippen LogP contribution in [0.15, 0.2) is 22.7 Å². The number of carbonyl (C=O) groups is 2. The monoisotopic (exact) mass is 339 g/mol. The van der Waals surface area contributed by atoms with Crippen LogP contribution >= 0.6 is 15.9 Å². The Kier molecular flexibility index (Phi) is 4.48. The molecular formula is C15H18BrNO3. The van der Waals surface area contributed by atoms with Crippen molar-refractivity contribution in [1.82, 2.24) is 4.90 Å². The van der Waals surface area contributed by atoms with Gasteiger partial charge < -0.3 is 10.0 Å². The van der Waals surface area contributed by atoms with Gasteiger partial charge in [-0.1, -0.05) is 22.9 Å². The number of nitrogens with zero attached hydrogens (tertiary/aromatic N) is 1. The van der Waals surface area contributed by atoms with Crippen molar-refractivity contribution in [3.63, 3.8) is 0 Å². The van der Waals surface area contributed by atoms with E-state index in [9.17, 15) is 9.59 Å². The molecule has 0 aromatic heterocycles. The van der Waals surface area contributed by atoms with Gasteiger partial charge in [0.15, 0.2) is 0 Å². The standard InChI is InChI=1S/C15H18BrNO3/c1-9-7-11(16)3-6-13(9)14(18)17(12-4-5-12)8-10(2)15(19)20/h3,6-7,10,12H,4-5,8H2,1-2H3,(H,19,20). The van der Waals surface area contributed by atoms with Crippen molar-refractivity contribution in [2.24, 2.45) is 5.92 Å². The summed E-state index contributed by atoms with van der Waals surface area (Å²) in [7, 11) is 0. The van der Waals surface area contributed by atoms with E-state index in [1.165, 1.54) is 0 Å². The highest BCUT2D eigenvalue weighted by atomic mass is 79.9. The Morgan fingerprint density at radius 1 is 1.45 bits per heavy atom. The lowest BCUT2D eigenvalue weighted by molar-refractivity contribution is -0.141. The zero-order valence-corrected chi connectivity index (χ0v) is 13.2. The molecule has 1 unspecified atom stereocenters. The molecule has 0 bridgehead atoms. The van der Waals surface area contributed by atoms with Gasteiger partial charge in [-0.15, -0.1) is 0 Å². The van der Waals surface area contributed by atoms with Crippen molar-refractivity contribution in [1.29, 1.82) is 0 Å². The molecule has 1 atom stereocenters. The first kappa shape index (κ1) is 15.0. The van der Waals surface area contributed by atoms with Crippen molar-refractivity contribution in [2.45, 2.75) is 32.7 Å². The van der Waals surface area contributed by atoms with Gasteiger partial charge in [-0.05, 0) is 43.5 Å². The average molecular weight is 340 g/mol. The lowest BCUT2D eigenvalue weighted by Gasteiger charge is -2.25. The van der Waals surface area contributed by atoms with Gasteiger partial charge >= 0.3 is 5.97 Å². The summed E-state index contributed by atoms with van der Waals surface area (Å²) in [5.74, 6) is -1.48. The number of aliphatic carboxylic acids is 1. The highest BCUT2D eigenvalue weighted by molar-refractivity contribution is 9.10. The molecule has 1 aromatic carbocycles. The number of carboxylic acids is 1. The Morgan fingerprint density at radius 2 is 2.10 bits per heavy atom. The number of benzene rings is 1. The number of rotatable bonds is 5. The molecule has 5 heteroatoms. The highest BCUT2D eigenvalue weighted by Crippen LogP contribution is 2.30. The molecule has 0 saturated heterocycles. The molecule has 1 amide bonds. The zero-order chi connectivity index (χ0) is 14.9. The van der Waals surface area contributed by atoms with E-state index < -0.39 is 11.9 Å². The second-order valence-corrected chi connectivity index (χ2v) is 6.30. The molecule has 2 rings (SSSR count). The summed E-state index contributed by atoms with van der Waals surface area (Å²) in [4.78, 5) is 25.4. The maximum atomic E-state index is 12.6. The van der Waals surface area contributed by atoms with Gasteiger partial charge in [0, 0.05) is 22.6 Å². The van der Waals surface area contributed by atoms with Crippen molar-refractivity contribution < 1.29 is 14.7 Å². The fourth-order valence-electron chi connectivity index (χ4n) is 2.18. The number of carbonyl (C=O) groups excluding carboxylic acids is 1. The Labute approximate surface area is 126 Å². The molecule has 1 aromatic rings. The average Bonchev–Trinajstić information content (AvgIpc) is 3.19. The van der Waals surface area contributed by atoms with E-state index in [0.717, 1.165) is 22.9 Å². The summed E-state index contributed by atoms with van der Waals surface area (Å²) in [6.45, 7) is 3.80. The smallest absolute Gasteiger partial charge is 0.308 e. The molecular weight excluding hydrogens is 322 g/mol. The van der Waals surface area contributed by atoms with Crippen LogP contribution in [0, 0.1) is 12.8 Å². The molecule has 1 saturated carbocycles. The highest BCUT2D eigenvalue weighted by Gasteiger charge is 2.35. The first-order valence-electron chi connectivity index (χ1n) is 6.70. The summed E-state index contributed by atoms with van der Waals surface area (Å²) >= 11 is 3.38. The number of halogens is 1. The first-order chi connectivity index (χ1) is 9.40. The second-order valence-electron chi connectivity index (χ2n) is 5.39. The maximum absolute atomic E-state index is 12.6. The Morgan fingerprint density at radius 3 is 2.60 bits per heavy atom. The van der Waals surface area contributed by atoms with E-state index in [1.807, 2.05) is 19.1 Å². The van der Waals surface area contributed by atoms with E-state index >= 15 is 0 Å². The fourth-order valence-corrected chi connectivity index (χ4v) is 2.65. The summed E-state index contributed by atoms with van der Waals surface area (Å²) in [5, 5.41) is 9.03. The van der Waals surface area contributed by atoms with Crippen LogP contribution in [0.4, 0.5) is 0 Å². The van der Waals surface area contributed by atoms with Gasteiger partial charge in [0.2, 0.25) is 0 Å². The third-order valence-corrected chi connectivity index (χ3v) is 4.05. The maximum Gasteiger partial charge on any atom is 0.308 e. The van der Waals surface area contributed by atoms with Crippen LogP contribution in [0.1, 0.15) is 35.7 Å². The first-order valence-corrected chi connectivity index (χ1v) is 7.49. The molecule has 1 fully saturated rings. The van der Waals surface area contributed by atoms with Crippen molar-refractivity contribution in [3.8, 4) is 0 Å². The molecule has 0 radical (unpaired) electrons. The van der Waals surface area contributed by atoms with Crippen LogP contribution < -0.4 is 0 Å². The molecule has 1 aliphatic rings. The van der Waals surface area contributed by atoms with E-state index in [4.69, 9.17) is 5.11 Å². The molecule has 0 aliphatic heterocycles. The predicted octanol–water partition coefficient (Wildman–Crippen LogP) is 3.08. The van der Waals surface area contributed by atoms with Crippen LogP contribution in [0.5, 0.6) is 0 Å². The third-order valence-electron chi connectivity index (χ3n) is 3.56. The Balaban J connectivity index is 2.20. The summed E-state index contributed by atoms with van der Waals surface area (Å²) in [6, 6.07) is 5.74. The van der Waals surface area contributed by atoms with Crippen LogP contribution in [0.25, 0.3) is 0 Å². The van der Waals surface area contributed by atoms with Gasteiger partial charge in [-0.25, -0.2) is 0 Å². The number of aryl methyl sites for hydroxylation is 1. The van der Waals surface area contributed by atoms with Gasteiger partial charge in [-0.2, -0.15) is 0 Å². The number of hydrogen-bond donors (Lipinski definition) is 1. The molecule has 0 spiro atoms. The van der Waals surface area contributed by atoms with Crippen molar-refractivity contribution >= 4 is 27.8 Å². The van der Waals surface area contributed by atoms with Crippen LogP contribution in [-0.4, -0.2) is 34.5 Å². The van der Waals surface area contributed by atoms with Gasteiger partial charge in [-0.3, -0.25) is 9.59 Å². The molecule has 1 N–H and O–H groups in total. The summed E-state index contributed by atoms with van der Waals surface area (Å²) in [6.07, 6.45) is 1.93. The van der Waals surface area contributed by atoms with E-state index in [0.29, 0.717) is 5.56 Å². The third kappa shape index (κ3) is 3.39. The van der Waals surface area contributed by atoms with E-state index in [-0.39, 0.29) is 18.5 Å². The van der Waals surface area contributed by atoms with Crippen molar-refractivity contribution in [2.75, 3.05) is 6.54 Å². The van der Waals surface area contributed by atoms with Crippen LogP contribution in [0.3, 0.4) is 0 Å². The number of amides is 1. The Bertz CT molecular complexity index is 540. The Hall–Kier alpha value is -1.36. The largest absolute Gasteiger partial charge is 0.481 e. The predicted molar refractivity (Wildman–Crippen MR) is 79.7 cm³/mol. The van der Waals surface area contributed by atoms with Gasteiger partial charge in [0.25, 0.3) is 5.91 Å². The molecule has 1 aliphatic carbocycles. The van der Waals surface area contributed by atoms with Crippen molar-refractivity contribution in [3.05, 3.63) is 33.8 Å². The van der Waals surface area contributed by atoms with Gasteiger partial charge in [0.1, 0.15) is 0 Å². The normalized spacial score (nSPS) is 15.8. The minimum Gasteiger partial charge on any atom is -0.481 e. The summed E-state index contributed by atoms with van der Waals surface area (Å²) in [5.41, 5.74) is 1.55. The van der Waals surface area contributed by atoms with Crippen LogP contribution in [0.2, 0.25) is 0 Å². The summed E-state index contributed by atoms with van der Waals surface area (Å²) < 4.78 is 0.934. The molecule has 0 heterocycles. The number of carboxylic acid groups (broad SMARTS) is 1. The lowest BCUT2D eigenvalue weighted by Crippen LogP contribution is -2.38. The molecule has 108 valence electrons. The SMILES string of the molecule is Cc1cc(Br)ccc1C(=O)N(CC(C)C(=O)O)C1CC1. The second kappa shape index (κ2) is 5.95. The minimum atomic E-state index is -0.865. The van der Waals surface area contributed by atoms with E-state index in [2.05, 4.69) is 15.9 Å². The van der Waals surface area contributed by atoms with E-state index in [1.54, 1.807) is 17.9 Å². The van der Waals surface area contributed by atoms with Gasteiger partial charge in [0.05, 0.1) is 5.92 Å². The van der Waals surface area contributed by atoms with Crippen LogP contribution in [-0.2, 0) is 4.79 Å². The number of hydrogen-bond acceptors (Lipinski definition) is 2. The quantitative estimate of drug-likeness (QED) is 0.896. The zero-order valence-electron chi connectivity index (χ0n) is 11.6. The minimum absolute atomic E-state index is 0.0643. The topological polar surface area (TPSA) is 57.6 Å². The lowest BCUT2D eigenvalue weighted by atomic mass is 10.1. The molecule has 4 nitrogen and oxygen atoms in total.